The summed E-state index contributed by atoms with van der Waals surface area (Å²) in [5.41, 5.74) is 1.27. The first kappa shape index (κ1) is 12.8. The normalized spacial score (nSPS) is 9.95. The number of benzene rings is 1. The number of carbonyl (C=O) groups is 2. The molecule has 6 heteroatoms. The van der Waals surface area contributed by atoms with Crippen molar-refractivity contribution in [3.63, 3.8) is 0 Å². The smallest absolute Gasteiger partial charge is 0.246 e. The number of carbonyl (C=O) groups excluding carboxylic acids is 2. The van der Waals surface area contributed by atoms with Crippen LogP contribution in [-0.2, 0) is 16.1 Å². The Labute approximate surface area is 110 Å². The van der Waals surface area contributed by atoms with Gasteiger partial charge < -0.3 is 10.6 Å². The zero-order valence-electron chi connectivity index (χ0n) is 10.5. The molecule has 0 radical (unpaired) electrons. The van der Waals surface area contributed by atoms with Gasteiger partial charge in [0, 0.05) is 30.7 Å². The van der Waals surface area contributed by atoms with Crippen LogP contribution < -0.4 is 10.6 Å². The molecule has 0 saturated carbocycles. The van der Waals surface area contributed by atoms with Crippen LogP contribution in [0.1, 0.15) is 6.92 Å². The Morgan fingerprint density at radius 1 is 1.21 bits per heavy atom. The molecular weight excluding hydrogens is 244 g/mol. The van der Waals surface area contributed by atoms with Crippen molar-refractivity contribution in [1.82, 2.24) is 9.78 Å². The summed E-state index contributed by atoms with van der Waals surface area (Å²) in [6.07, 6.45) is 3.33. The lowest BCUT2D eigenvalue weighted by Crippen LogP contribution is -2.19. The van der Waals surface area contributed by atoms with Crippen LogP contribution in [-0.4, -0.2) is 21.6 Å². The Morgan fingerprint density at radius 3 is 2.58 bits per heavy atom. The van der Waals surface area contributed by atoms with Gasteiger partial charge in [-0.3, -0.25) is 14.3 Å². The van der Waals surface area contributed by atoms with Gasteiger partial charge in [0.1, 0.15) is 6.54 Å². The van der Waals surface area contributed by atoms with E-state index < -0.39 is 0 Å². The average Bonchev–Trinajstić information content (AvgIpc) is 2.81. The maximum absolute atomic E-state index is 11.8. The van der Waals surface area contributed by atoms with E-state index in [1.807, 2.05) is 0 Å². The van der Waals surface area contributed by atoms with Gasteiger partial charge in [0.05, 0.1) is 0 Å². The van der Waals surface area contributed by atoms with E-state index in [-0.39, 0.29) is 18.4 Å². The summed E-state index contributed by atoms with van der Waals surface area (Å²) in [7, 11) is 0. The fraction of sp³-hybridized carbons (Fsp3) is 0.154. The van der Waals surface area contributed by atoms with Crippen LogP contribution in [0.15, 0.2) is 42.7 Å². The molecule has 19 heavy (non-hydrogen) atoms. The Bertz CT molecular complexity index is 578. The fourth-order valence-electron chi connectivity index (χ4n) is 1.62. The molecular formula is C13H14N4O2. The zero-order chi connectivity index (χ0) is 13.7. The van der Waals surface area contributed by atoms with Crippen molar-refractivity contribution < 1.29 is 9.59 Å². The van der Waals surface area contributed by atoms with Crippen molar-refractivity contribution in [2.24, 2.45) is 0 Å². The molecule has 6 nitrogen and oxygen atoms in total. The van der Waals surface area contributed by atoms with Crippen LogP contribution in [0.25, 0.3) is 0 Å². The van der Waals surface area contributed by atoms with E-state index in [0.29, 0.717) is 11.4 Å². The molecule has 1 aromatic heterocycles. The molecule has 1 aromatic carbocycles. The van der Waals surface area contributed by atoms with Gasteiger partial charge in [0.2, 0.25) is 11.8 Å². The number of aromatic nitrogens is 2. The highest BCUT2D eigenvalue weighted by atomic mass is 16.2. The molecule has 1 heterocycles. The number of nitrogens with zero attached hydrogens (tertiary/aromatic N) is 2. The van der Waals surface area contributed by atoms with Crippen LogP contribution in [0.5, 0.6) is 0 Å². The Morgan fingerprint density at radius 2 is 1.95 bits per heavy atom. The molecule has 2 aromatic rings. The van der Waals surface area contributed by atoms with E-state index in [1.54, 1.807) is 42.7 Å². The molecule has 0 aliphatic carbocycles. The number of anilines is 2. The van der Waals surface area contributed by atoms with E-state index in [2.05, 4.69) is 15.7 Å². The first-order valence-corrected chi connectivity index (χ1v) is 5.78. The first-order chi connectivity index (χ1) is 9.13. The molecule has 0 atom stereocenters. The summed E-state index contributed by atoms with van der Waals surface area (Å²) < 4.78 is 1.53. The van der Waals surface area contributed by atoms with Crippen LogP contribution in [0.4, 0.5) is 11.4 Å². The monoisotopic (exact) mass is 258 g/mol. The molecule has 2 N–H and O–H groups in total. The third-order valence-corrected chi connectivity index (χ3v) is 2.33. The fourth-order valence-corrected chi connectivity index (χ4v) is 1.62. The van der Waals surface area contributed by atoms with Gasteiger partial charge in [-0.25, -0.2) is 0 Å². The lowest BCUT2D eigenvalue weighted by molar-refractivity contribution is -0.117. The predicted octanol–water partition coefficient (Wildman–Crippen LogP) is 1.48. The highest BCUT2D eigenvalue weighted by molar-refractivity contribution is 5.93. The number of amides is 2. The largest absolute Gasteiger partial charge is 0.326 e. The molecule has 2 rings (SSSR count). The first-order valence-electron chi connectivity index (χ1n) is 5.78. The maximum Gasteiger partial charge on any atom is 0.246 e. The molecule has 0 aliphatic rings. The molecule has 0 saturated heterocycles. The number of nitrogens with one attached hydrogen (secondary N) is 2. The van der Waals surface area contributed by atoms with Gasteiger partial charge in [0.25, 0.3) is 0 Å². The minimum absolute atomic E-state index is 0.150. The summed E-state index contributed by atoms with van der Waals surface area (Å²) in [6.45, 7) is 1.58. The van der Waals surface area contributed by atoms with Crippen LogP contribution in [0.3, 0.4) is 0 Å². The third-order valence-electron chi connectivity index (χ3n) is 2.33. The summed E-state index contributed by atoms with van der Waals surface area (Å²) in [4.78, 5) is 22.7. The standard InChI is InChI=1S/C13H14N4O2/c1-10(18)15-11-4-2-5-12(8-11)16-13(19)9-17-7-3-6-14-17/h2-8H,9H2,1H3,(H,15,18)(H,16,19). The van der Waals surface area contributed by atoms with Crippen LogP contribution in [0.2, 0.25) is 0 Å². The van der Waals surface area contributed by atoms with Gasteiger partial charge in [0.15, 0.2) is 0 Å². The van der Waals surface area contributed by atoms with E-state index >= 15 is 0 Å². The van der Waals surface area contributed by atoms with Crippen LogP contribution in [0, 0.1) is 0 Å². The van der Waals surface area contributed by atoms with Crippen molar-refractivity contribution in [2.45, 2.75) is 13.5 Å². The van der Waals surface area contributed by atoms with E-state index in [1.165, 1.54) is 11.6 Å². The van der Waals surface area contributed by atoms with Crippen molar-refractivity contribution in [2.75, 3.05) is 10.6 Å². The van der Waals surface area contributed by atoms with Crippen molar-refractivity contribution >= 4 is 23.2 Å². The molecule has 0 spiro atoms. The van der Waals surface area contributed by atoms with E-state index in [4.69, 9.17) is 0 Å². The lowest BCUT2D eigenvalue weighted by Gasteiger charge is -2.07. The van der Waals surface area contributed by atoms with Gasteiger partial charge >= 0.3 is 0 Å². The maximum atomic E-state index is 11.8. The third kappa shape index (κ3) is 3.95. The number of hydrogen-bond acceptors (Lipinski definition) is 3. The predicted molar refractivity (Wildman–Crippen MR) is 71.6 cm³/mol. The Hall–Kier alpha value is -2.63. The second-order valence-electron chi connectivity index (χ2n) is 4.01. The molecule has 98 valence electrons. The minimum atomic E-state index is -0.177. The molecule has 0 unspecified atom stereocenters. The quantitative estimate of drug-likeness (QED) is 0.872. The number of rotatable bonds is 4. The minimum Gasteiger partial charge on any atom is -0.326 e. The summed E-state index contributed by atoms with van der Waals surface area (Å²) in [5.74, 6) is -0.330. The van der Waals surface area contributed by atoms with Gasteiger partial charge in [-0.1, -0.05) is 6.07 Å². The lowest BCUT2D eigenvalue weighted by atomic mass is 10.2. The summed E-state index contributed by atoms with van der Waals surface area (Å²) in [6, 6.07) is 8.72. The summed E-state index contributed by atoms with van der Waals surface area (Å²) in [5, 5.41) is 9.35. The Kier molecular flexibility index (Phi) is 3.92. The van der Waals surface area contributed by atoms with Crippen molar-refractivity contribution in [3.8, 4) is 0 Å². The highest BCUT2D eigenvalue weighted by Crippen LogP contribution is 2.14. The molecule has 0 bridgehead atoms. The Balaban J connectivity index is 1.98. The SMILES string of the molecule is CC(=O)Nc1cccc(NC(=O)Cn2cccn2)c1. The second kappa shape index (κ2) is 5.81. The van der Waals surface area contributed by atoms with Crippen molar-refractivity contribution in [1.29, 1.82) is 0 Å². The molecule has 0 fully saturated rings. The van der Waals surface area contributed by atoms with E-state index in [9.17, 15) is 9.59 Å². The zero-order valence-corrected chi connectivity index (χ0v) is 10.5. The second-order valence-corrected chi connectivity index (χ2v) is 4.01. The summed E-state index contributed by atoms with van der Waals surface area (Å²) >= 11 is 0. The van der Waals surface area contributed by atoms with Gasteiger partial charge in [-0.05, 0) is 24.3 Å². The van der Waals surface area contributed by atoms with Crippen molar-refractivity contribution in [3.05, 3.63) is 42.7 Å². The average molecular weight is 258 g/mol. The van der Waals surface area contributed by atoms with E-state index in [0.717, 1.165) is 0 Å². The number of hydrogen-bond donors (Lipinski definition) is 2. The van der Waals surface area contributed by atoms with Gasteiger partial charge in [-0.2, -0.15) is 5.10 Å². The highest BCUT2D eigenvalue weighted by Gasteiger charge is 2.04. The van der Waals surface area contributed by atoms with Crippen LogP contribution >= 0.6 is 0 Å². The topological polar surface area (TPSA) is 76.0 Å². The van der Waals surface area contributed by atoms with Gasteiger partial charge in [-0.15, -0.1) is 0 Å². The molecule has 0 aliphatic heterocycles. The molecule has 2 amide bonds.